The van der Waals surface area contributed by atoms with Crippen molar-refractivity contribution >= 4 is 5.91 Å². The normalized spacial score (nSPS) is 29.4. The lowest BCUT2D eigenvalue weighted by Gasteiger charge is -2.26. The minimum atomic E-state index is -0.0891. The molecule has 2 aliphatic heterocycles. The number of ether oxygens (including phenoxy) is 3. The van der Waals surface area contributed by atoms with Gasteiger partial charge in [-0.15, -0.1) is 0 Å². The third kappa shape index (κ3) is 4.58. The van der Waals surface area contributed by atoms with E-state index in [1.807, 2.05) is 11.0 Å². The van der Waals surface area contributed by atoms with Gasteiger partial charge in [-0.3, -0.25) is 4.79 Å². The molecular weight excluding hydrogens is 326 g/mol. The minimum Gasteiger partial charge on any atom is -0.383 e. The number of likely N-dealkylation sites (tertiary alicyclic amines) is 1. The highest BCUT2D eigenvalue weighted by Crippen LogP contribution is 2.27. The van der Waals surface area contributed by atoms with Gasteiger partial charge >= 0.3 is 0 Å². The van der Waals surface area contributed by atoms with Crippen LogP contribution in [0, 0.1) is 5.92 Å². The predicted molar refractivity (Wildman–Crippen MR) is 88.8 cm³/mol. The summed E-state index contributed by atoms with van der Waals surface area (Å²) in [7, 11) is 3.36. The van der Waals surface area contributed by atoms with Crippen LogP contribution in [0.1, 0.15) is 18.5 Å². The van der Waals surface area contributed by atoms with Crippen molar-refractivity contribution in [3.63, 3.8) is 0 Å². The summed E-state index contributed by atoms with van der Waals surface area (Å²) in [5.41, 5.74) is 0.857. The molecular formula is C17H27N3O5. The zero-order valence-electron chi connectivity index (χ0n) is 14.8. The molecule has 3 rings (SSSR count). The van der Waals surface area contributed by atoms with E-state index in [0.717, 1.165) is 18.5 Å². The largest absolute Gasteiger partial charge is 0.383 e. The van der Waals surface area contributed by atoms with Crippen LogP contribution in [0.25, 0.3) is 0 Å². The first-order valence-electron chi connectivity index (χ1n) is 8.75. The second-order valence-corrected chi connectivity index (χ2v) is 6.70. The summed E-state index contributed by atoms with van der Waals surface area (Å²) in [6, 6.07) is 1.91. The number of carbonyl (C=O) groups is 1. The molecule has 0 unspecified atom stereocenters. The molecule has 0 radical (unpaired) electrons. The van der Waals surface area contributed by atoms with Crippen LogP contribution in [-0.2, 0) is 25.5 Å². The Labute approximate surface area is 147 Å². The number of methoxy groups -OCH3 is 2. The highest BCUT2D eigenvalue weighted by atomic mass is 16.5. The zero-order valence-corrected chi connectivity index (χ0v) is 14.8. The molecule has 2 aliphatic rings. The van der Waals surface area contributed by atoms with Gasteiger partial charge in [-0.2, -0.15) is 0 Å². The third-order valence-corrected chi connectivity index (χ3v) is 4.95. The lowest BCUT2D eigenvalue weighted by atomic mass is 10.0. The van der Waals surface area contributed by atoms with Gasteiger partial charge < -0.3 is 29.0 Å². The minimum absolute atomic E-state index is 0.0440. The fraction of sp³-hybridized carbons (Fsp3) is 0.765. The van der Waals surface area contributed by atoms with Crippen molar-refractivity contribution in [1.29, 1.82) is 0 Å². The third-order valence-electron chi connectivity index (χ3n) is 4.95. The smallest absolute Gasteiger partial charge is 0.228 e. The summed E-state index contributed by atoms with van der Waals surface area (Å²) in [5, 5.41) is 7.15. The number of nitrogens with zero attached hydrogens (tertiary/aromatic N) is 2. The summed E-state index contributed by atoms with van der Waals surface area (Å²) >= 11 is 0. The van der Waals surface area contributed by atoms with Crippen molar-refractivity contribution in [3.05, 3.63) is 18.0 Å². The zero-order chi connectivity index (χ0) is 17.6. The van der Waals surface area contributed by atoms with Crippen molar-refractivity contribution in [3.8, 4) is 0 Å². The van der Waals surface area contributed by atoms with Crippen molar-refractivity contribution < 1.29 is 23.5 Å². The highest BCUT2D eigenvalue weighted by molar-refractivity contribution is 5.80. The molecule has 1 aromatic rings. The van der Waals surface area contributed by atoms with E-state index in [0.29, 0.717) is 32.8 Å². The van der Waals surface area contributed by atoms with E-state index in [1.165, 1.54) is 0 Å². The van der Waals surface area contributed by atoms with Crippen molar-refractivity contribution in [2.75, 3.05) is 40.5 Å². The average Bonchev–Trinajstić information content (AvgIpc) is 3.35. The standard InChI is InChI=1S/C17H27N3O5/c1-22-11-14-6-16(23-2)9-20(14)17(21)12-5-15(24-10-12)8-18-7-13-3-4-25-19-13/h3-4,12,14-16,18H,5-11H2,1-2H3/t12-,14-,15-,16-/m0/s1. The maximum Gasteiger partial charge on any atom is 0.228 e. The van der Waals surface area contributed by atoms with Crippen LogP contribution in [0.15, 0.2) is 16.9 Å². The Morgan fingerprint density at radius 3 is 3.04 bits per heavy atom. The van der Waals surface area contributed by atoms with Gasteiger partial charge in [0.2, 0.25) is 5.91 Å². The Morgan fingerprint density at radius 1 is 1.44 bits per heavy atom. The Balaban J connectivity index is 1.46. The van der Waals surface area contributed by atoms with Crippen LogP contribution in [-0.4, -0.2) is 74.7 Å². The molecule has 1 N–H and O–H groups in total. The first-order valence-corrected chi connectivity index (χ1v) is 8.75. The van der Waals surface area contributed by atoms with Gasteiger partial charge in [0.1, 0.15) is 6.26 Å². The Kier molecular flexibility index (Phi) is 6.41. The van der Waals surface area contributed by atoms with E-state index in [-0.39, 0.29) is 30.1 Å². The molecule has 0 saturated carbocycles. The van der Waals surface area contributed by atoms with E-state index in [9.17, 15) is 4.79 Å². The SMILES string of the molecule is COC[C@@H]1C[C@H](OC)CN1C(=O)[C@@H]1CO[C@H](CNCc2ccon2)C1. The van der Waals surface area contributed by atoms with Crippen LogP contribution >= 0.6 is 0 Å². The van der Waals surface area contributed by atoms with Crippen LogP contribution in [0.3, 0.4) is 0 Å². The fourth-order valence-corrected chi connectivity index (χ4v) is 3.61. The van der Waals surface area contributed by atoms with Crippen LogP contribution < -0.4 is 5.32 Å². The lowest BCUT2D eigenvalue weighted by molar-refractivity contribution is -0.137. The molecule has 0 aliphatic carbocycles. The first kappa shape index (κ1) is 18.3. The van der Waals surface area contributed by atoms with Crippen molar-refractivity contribution in [2.24, 2.45) is 5.92 Å². The van der Waals surface area contributed by atoms with Gasteiger partial charge in [-0.1, -0.05) is 5.16 Å². The van der Waals surface area contributed by atoms with Crippen LogP contribution in [0.5, 0.6) is 0 Å². The summed E-state index contributed by atoms with van der Waals surface area (Å²) in [6.45, 7) is 2.98. The Hall–Kier alpha value is -1.48. The molecule has 4 atom stereocenters. The average molecular weight is 353 g/mol. The summed E-state index contributed by atoms with van der Waals surface area (Å²) in [6.07, 6.45) is 3.25. The highest BCUT2D eigenvalue weighted by Gasteiger charge is 2.40. The topological polar surface area (TPSA) is 86.1 Å². The van der Waals surface area contributed by atoms with E-state index in [2.05, 4.69) is 10.5 Å². The molecule has 1 amide bonds. The summed E-state index contributed by atoms with van der Waals surface area (Å²) in [5.74, 6) is 0.0643. The molecule has 2 saturated heterocycles. The number of aromatic nitrogens is 1. The first-order chi connectivity index (χ1) is 12.2. The number of nitrogens with one attached hydrogen (secondary N) is 1. The summed E-state index contributed by atoms with van der Waals surface area (Å²) in [4.78, 5) is 14.8. The van der Waals surface area contributed by atoms with E-state index < -0.39 is 0 Å². The molecule has 0 aromatic carbocycles. The lowest BCUT2D eigenvalue weighted by Crippen LogP contribution is -2.42. The second-order valence-electron chi connectivity index (χ2n) is 6.70. The molecule has 8 heteroatoms. The van der Waals surface area contributed by atoms with Gasteiger partial charge in [0.05, 0.1) is 43.1 Å². The van der Waals surface area contributed by atoms with E-state index in [1.54, 1.807) is 20.5 Å². The molecule has 2 fully saturated rings. The van der Waals surface area contributed by atoms with Gasteiger partial charge in [0.15, 0.2) is 0 Å². The van der Waals surface area contributed by atoms with Gasteiger partial charge in [0.25, 0.3) is 0 Å². The predicted octanol–water partition coefficient (Wildman–Crippen LogP) is 0.432. The van der Waals surface area contributed by atoms with Crippen molar-refractivity contribution in [2.45, 2.75) is 37.6 Å². The summed E-state index contributed by atoms with van der Waals surface area (Å²) < 4.78 is 21.3. The maximum absolute atomic E-state index is 12.9. The van der Waals surface area contributed by atoms with Gasteiger partial charge in [-0.25, -0.2) is 0 Å². The van der Waals surface area contributed by atoms with Crippen molar-refractivity contribution in [1.82, 2.24) is 15.4 Å². The number of amides is 1. The molecule has 0 spiro atoms. The number of carbonyl (C=O) groups excluding carboxylic acids is 1. The van der Waals surface area contributed by atoms with Gasteiger partial charge in [-0.05, 0) is 12.8 Å². The Bertz CT molecular complexity index is 538. The fourth-order valence-electron chi connectivity index (χ4n) is 3.61. The molecule has 8 nitrogen and oxygen atoms in total. The van der Waals surface area contributed by atoms with Crippen LogP contribution in [0.2, 0.25) is 0 Å². The van der Waals surface area contributed by atoms with Gasteiger partial charge in [0, 0.05) is 39.9 Å². The van der Waals surface area contributed by atoms with E-state index >= 15 is 0 Å². The number of hydrogen-bond donors (Lipinski definition) is 1. The number of rotatable bonds is 8. The Morgan fingerprint density at radius 2 is 2.32 bits per heavy atom. The quantitative estimate of drug-likeness (QED) is 0.725. The van der Waals surface area contributed by atoms with E-state index in [4.69, 9.17) is 18.7 Å². The second kappa shape index (κ2) is 8.75. The molecule has 25 heavy (non-hydrogen) atoms. The number of hydrogen-bond acceptors (Lipinski definition) is 7. The maximum atomic E-state index is 12.9. The monoisotopic (exact) mass is 353 g/mol. The molecule has 0 bridgehead atoms. The molecule has 1 aromatic heterocycles. The molecule has 140 valence electrons. The molecule has 3 heterocycles. The van der Waals surface area contributed by atoms with Crippen LogP contribution in [0.4, 0.5) is 0 Å².